The molecule has 9 heteroatoms. The van der Waals surface area contributed by atoms with Crippen LogP contribution in [0.15, 0.2) is 35.2 Å². The fraction of sp³-hybridized carbons (Fsp3) is 0.143. The second-order valence-corrected chi connectivity index (χ2v) is 6.75. The molecule has 3 rings (SSSR count). The van der Waals surface area contributed by atoms with Crippen LogP contribution >= 0.6 is 11.6 Å². The average molecular weight is 362 g/mol. The van der Waals surface area contributed by atoms with Crippen molar-refractivity contribution in [3.63, 3.8) is 0 Å². The van der Waals surface area contributed by atoms with Gasteiger partial charge in [-0.15, -0.1) is 0 Å². The van der Waals surface area contributed by atoms with E-state index in [0.29, 0.717) is 30.8 Å². The molecule has 1 heterocycles. The van der Waals surface area contributed by atoms with E-state index in [0.717, 1.165) is 12.1 Å². The maximum absolute atomic E-state index is 13.2. The maximum atomic E-state index is 13.2. The highest BCUT2D eigenvalue weighted by molar-refractivity contribution is 7.92. The standard InChI is InChI=1S/C14H10ClF2NO4S/c15-9-6-13-14(22-4-3-21-13)7-12(9)18-23(19,20)8-1-2-10(16)11(17)5-8/h1-2,5-7,18H,3-4H2. The van der Waals surface area contributed by atoms with E-state index in [-0.39, 0.29) is 10.7 Å². The number of fused-ring (bicyclic) bond motifs is 1. The lowest BCUT2D eigenvalue weighted by atomic mass is 10.2. The predicted octanol–water partition coefficient (Wildman–Crippen LogP) is 3.19. The van der Waals surface area contributed by atoms with Crippen LogP contribution in [0.1, 0.15) is 0 Å². The van der Waals surface area contributed by atoms with Gasteiger partial charge in [-0.05, 0) is 18.2 Å². The van der Waals surface area contributed by atoms with Gasteiger partial charge in [-0.2, -0.15) is 0 Å². The van der Waals surface area contributed by atoms with E-state index in [2.05, 4.69) is 4.72 Å². The Labute approximate surface area is 135 Å². The zero-order valence-electron chi connectivity index (χ0n) is 11.5. The van der Waals surface area contributed by atoms with Crippen LogP contribution in [0.25, 0.3) is 0 Å². The monoisotopic (exact) mass is 361 g/mol. The Balaban J connectivity index is 1.95. The van der Waals surface area contributed by atoms with Crippen molar-refractivity contribution in [2.45, 2.75) is 4.90 Å². The highest BCUT2D eigenvalue weighted by atomic mass is 35.5. The summed E-state index contributed by atoms with van der Waals surface area (Å²) >= 11 is 6.01. The van der Waals surface area contributed by atoms with E-state index in [9.17, 15) is 17.2 Å². The van der Waals surface area contributed by atoms with Crippen LogP contribution in [0.3, 0.4) is 0 Å². The molecule has 0 bridgehead atoms. The molecule has 122 valence electrons. The minimum Gasteiger partial charge on any atom is -0.486 e. The predicted molar refractivity (Wildman–Crippen MR) is 79.6 cm³/mol. The summed E-state index contributed by atoms with van der Waals surface area (Å²) in [5, 5.41) is 0.0837. The summed E-state index contributed by atoms with van der Waals surface area (Å²) < 4.78 is 63.5. The molecule has 5 nitrogen and oxygen atoms in total. The lowest BCUT2D eigenvalue weighted by Gasteiger charge is -2.20. The summed E-state index contributed by atoms with van der Waals surface area (Å²) in [7, 11) is -4.14. The molecule has 1 aliphatic rings. The number of rotatable bonds is 3. The molecule has 2 aromatic carbocycles. The van der Waals surface area contributed by atoms with Crippen LogP contribution in [-0.4, -0.2) is 21.6 Å². The molecular weight excluding hydrogens is 352 g/mol. The van der Waals surface area contributed by atoms with Crippen LogP contribution in [-0.2, 0) is 10.0 Å². The molecule has 1 N–H and O–H groups in total. The molecule has 1 aliphatic heterocycles. The third-order valence-corrected chi connectivity index (χ3v) is 4.75. The van der Waals surface area contributed by atoms with Crippen molar-refractivity contribution in [2.75, 3.05) is 17.9 Å². The van der Waals surface area contributed by atoms with E-state index in [1.807, 2.05) is 0 Å². The van der Waals surface area contributed by atoms with Crippen molar-refractivity contribution in [2.24, 2.45) is 0 Å². The van der Waals surface area contributed by atoms with Crippen molar-refractivity contribution in [1.29, 1.82) is 0 Å². The van der Waals surface area contributed by atoms with Crippen LogP contribution in [0.4, 0.5) is 14.5 Å². The Hall–Kier alpha value is -2.06. The number of anilines is 1. The minimum absolute atomic E-state index is 0.0423. The van der Waals surface area contributed by atoms with Crippen molar-refractivity contribution < 1.29 is 26.7 Å². The number of sulfonamides is 1. The highest BCUT2D eigenvalue weighted by Gasteiger charge is 2.21. The number of ether oxygens (including phenoxy) is 2. The molecule has 2 aromatic rings. The van der Waals surface area contributed by atoms with Gasteiger partial charge in [0.05, 0.1) is 15.6 Å². The number of hydrogen-bond donors (Lipinski definition) is 1. The van der Waals surface area contributed by atoms with Crippen molar-refractivity contribution in [1.82, 2.24) is 0 Å². The first kappa shape index (κ1) is 15.8. The second-order valence-electron chi connectivity index (χ2n) is 4.66. The molecular formula is C14H10ClF2NO4S. The number of nitrogens with one attached hydrogen (secondary N) is 1. The van der Waals surface area contributed by atoms with E-state index in [4.69, 9.17) is 21.1 Å². The summed E-state index contributed by atoms with van der Waals surface area (Å²) in [5.41, 5.74) is 0.0423. The molecule has 0 fully saturated rings. The summed E-state index contributed by atoms with van der Waals surface area (Å²) in [5.74, 6) is -1.66. The molecule has 0 saturated heterocycles. The molecule has 23 heavy (non-hydrogen) atoms. The first-order valence-corrected chi connectivity index (χ1v) is 8.30. The zero-order valence-corrected chi connectivity index (χ0v) is 13.0. The third kappa shape index (κ3) is 3.18. The van der Waals surface area contributed by atoms with Gasteiger partial charge < -0.3 is 9.47 Å². The van der Waals surface area contributed by atoms with Gasteiger partial charge in [0, 0.05) is 12.1 Å². The molecule has 0 amide bonds. The summed E-state index contributed by atoms with van der Waals surface area (Å²) in [6.07, 6.45) is 0. The second kappa shape index (κ2) is 5.86. The molecule has 0 unspecified atom stereocenters. The Morgan fingerprint density at radius 1 is 1.00 bits per heavy atom. The zero-order chi connectivity index (χ0) is 16.6. The first-order valence-electron chi connectivity index (χ1n) is 6.44. The van der Waals surface area contributed by atoms with Crippen molar-refractivity contribution in [3.05, 3.63) is 47.0 Å². The fourth-order valence-corrected chi connectivity index (χ4v) is 3.33. The average Bonchev–Trinajstić information content (AvgIpc) is 2.50. The van der Waals surface area contributed by atoms with Gasteiger partial charge in [0.15, 0.2) is 23.1 Å². The third-order valence-electron chi connectivity index (χ3n) is 3.08. The fourth-order valence-electron chi connectivity index (χ4n) is 1.99. The number of hydrogen-bond acceptors (Lipinski definition) is 4. The van der Waals surface area contributed by atoms with Gasteiger partial charge in [0.1, 0.15) is 13.2 Å². The lowest BCUT2D eigenvalue weighted by molar-refractivity contribution is 0.171. The highest BCUT2D eigenvalue weighted by Crippen LogP contribution is 2.38. The van der Waals surface area contributed by atoms with Crippen molar-refractivity contribution in [3.8, 4) is 11.5 Å². The van der Waals surface area contributed by atoms with Crippen LogP contribution < -0.4 is 14.2 Å². The summed E-state index contributed by atoms with van der Waals surface area (Å²) in [6, 6.07) is 5.05. The van der Waals surface area contributed by atoms with E-state index >= 15 is 0 Å². The SMILES string of the molecule is O=S(=O)(Nc1cc2c(cc1Cl)OCCO2)c1ccc(F)c(F)c1. The normalized spacial score (nSPS) is 13.7. The molecule has 0 saturated carbocycles. The maximum Gasteiger partial charge on any atom is 0.262 e. The van der Waals surface area contributed by atoms with E-state index < -0.39 is 26.6 Å². The molecule has 0 radical (unpaired) electrons. The lowest BCUT2D eigenvalue weighted by Crippen LogP contribution is -2.17. The summed E-state index contributed by atoms with van der Waals surface area (Å²) in [4.78, 5) is -0.428. The van der Waals surface area contributed by atoms with Gasteiger partial charge in [-0.3, -0.25) is 4.72 Å². The van der Waals surface area contributed by atoms with Gasteiger partial charge >= 0.3 is 0 Å². The van der Waals surface area contributed by atoms with Crippen LogP contribution in [0, 0.1) is 11.6 Å². The van der Waals surface area contributed by atoms with Crippen LogP contribution in [0.5, 0.6) is 11.5 Å². The largest absolute Gasteiger partial charge is 0.486 e. The van der Waals surface area contributed by atoms with E-state index in [1.165, 1.54) is 12.1 Å². The quantitative estimate of drug-likeness (QED) is 0.911. The summed E-state index contributed by atoms with van der Waals surface area (Å²) in [6.45, 7) is 0.688. The number of halogens is 3. The molecule has 0 spiro atoms. The van der Waals surface area contributed by atoms with E-state index in [1.54, 1.807) is 0 Å². The van der Waals surface area contributed by atoms with Gasteiger partial charge in [-0.25, -0.2) is 17.2 Å². The Bertz CT molecular complexity index is 873. The van der Waals surface area contributed by atoms with Gasteiger partial charge in [0.2, 0.25) is 0 Å². The number of benzene rings is 2. The first-order chi connectivity index (χ1) is 10.9. The Morgan fingerprint density at radius 2 is 1.65 bits per heavy atom. The molecule has 0 atom stereocenters. The molecule has 0 aliphatic carbocycles. The minimum atomic E-state index is -4.14. The Kier molecular flexibility index (Phi) is 4.03. The van der Waals surface area contributed by atoms with Gasteiger partial charge in [-0.1, -0.05) is 11.6 Å². The smallest absolute Gasteiger partial charge is 0.262 e. The van der Waals surface area contributed by atoms with Gasteiger partial charge in [0.25, 0.3) is 10.0 Å². The van der Waals surface area contributed by atoms with Crippen molar-refractivity contribution >= 4 is 27.3 Å². The topological polar surface area (TPSA) is 64.6 Å². The Morgan fingerprint density at radius 3 is 2.30 bits per heavy atom. The van der Waals surface area contributed by atoms with Crippen LogP contribution in [0.2, 0.25) is 5.02 Å². The molecule has 0 aromatic heterocycles.